The number of furan rings is 1. The van der Waals surface area contributed by atoms with E-state index in [-0.39, 0.29) is 6.04 Å². The third kappa shape index (κ3) is 2.59. The van der Waals surface area contributed by atoms with Crippen molar-refractivity contribution in [2.45, 2.75) is 45.1 Å². The molecule has 1 heterocycles. The Morgan fingerprint density at radius 1 is 1.32 bits per heavy atom. The van der Waals surface area contributed by atoms with E-state index < -0.39 is 0 Å². The minimum atomic E-state index is -0.0175. The molecule has 0 bridgehead atoms. The van der Waals surface area contributed by atoms with Gasteiger partial charge in [0.2, 0.25) is 0 Å². The zero-order valence-corrected chi connectivity index (χ0v) is 11.5. The normalized spacial score (nSPS) is 17.5. The maximum Gasteiger partial charge on any atom is 0.137 e. The molecule has 0 aliphatic heterocycles. The number of benzene rings is 1. The van der Waals surface area contributed by atoms with Gasteiger partial charge in [0, 0.05) is 5.39 Å². The predicted molar refractivity (Wildman–Crippen MR) is 79.0 cm³/mol. The van der Waals surface area contributed by atoms with Crippen LogP contribution in [0.1, 0.15) is 49.5 Å². The summed E-state index contributed by atoms with van der Waals surface area (Å²) in [5.41, 5.74) is 9.95. The topological polar surface area (TPSA) is 39.2 Å². The highest BCUT2D eigenvalue weighted by Crippen LogP contribution is 2.30. The highest BCUT2D eigenvalue weighted by Gasteiger charge is 2.15. The molecule has 1 aliphatic rings. The second-order valence-corrected chi connectivity index (χ2v) is 5.56. The van der Waals surface area contributed by atoms with E-state index in [1.165, 1.54) is 36.8 Å². The van der Waals surface area contributed by atoms with E-state index in [0.29, 0.717) is 0 Å². The number of rotatable bonds is 3. The number of hydrogen-bond donors (Lipinski definition) is 1. The fourth-order valence-electron chi connectivity index (χ4n) is 2.88. The predicted octanol–water partition coefficient (Wildman–Crippen LogP) is 4.63. The van der Waals surface area contributed by atoms with Crippen LogP contribution in [0.3, 0.4) is 0 Å². The van der Waals surface area contributed by atoms with Crippen LogP contribution in [0.4, 0.5) is 0 Å². The van der Waals surface area contributed by atoms with Crippen molar-refractivity contribution in [2.75, 3.05) is 0 Å². The minimum Gasteiger partial charge on any atom is -0.459 e. The monoisotopic (exact) mass is 255 g/mol. The molecule has 1 aromatic heterocycles. The minimum absolute atomic E-state index is 0.0175. The number of para-hydroxylation sites is 1. The van der Waals surface area contributed by atoms with Gasteiger partial charge in [-0.25, -0.2) is 0 Å². The summed E-state index contributed by atoms with van der Waals surface area (Å²) in [6, 6.07) is 8.30. The fraction of sp³-hybridized carbons (Fsp3) is 0.412. The van der Waals surface area contributed by atoms with E-state index in [1.807, 2.05) is 0 Å². The summed E-state index contributed by atoms with van der Waals surface area (Å²) in [5, 5.41) is 1.16. The van der Waals surface area contributed by atoms with Crippen molar-refractivity contribution in [3.05, 3.63) is 47.2 Å². The fourth-order valence-corrected chi connectivity index (χ4v) is 2.88. The molecule has 2 aromatic rings. The van der Waals surface area contributed by atoms with Crippen LogP contribution in [-0.2, 0) is 0 Å². The number of aryl methyl sites for hydroxylation is 1. The maximum atomic E-state index is 6.31. The van der Waals surface area contributed by atoms with E-state index in [2.05, 4.69) is 37.3 Å². The quantitative estimate of drug-likeness (QED) is 0.812. The molecule has 0 spiro atoms. The Hall–Kier alpha value is -1.54. The molecule has 0 radical (unpaired) electrons. The third-order valence-electron chi connectivity index (χ3n) is 3.99. The van der Waals surface area contributed by atoms with Crippen LogP contribution in [0, 0.1) is 6.92 Å². The van der Waals surface area contributed by atoms with Gasteiger partial charge in [-0.05, 0) is 50.7 Å². The molecular formula is C17H21NO. The third-order valence-corrected chi connectivity index (χ3v) is 3.99. The summed E-state index contributed by atoms with van der Waals surface area (Å²) in [5.74, 6) is 0.913. The van der Waals surface area contributed by atoms with Gasteiger partial charge in [-0.15, -0.1) is 0 Å². The van der Waals surface area contributed by atoms with Crippen LogP contribution in [0.15, 0.2) is 40.3 Å². The summed E-state index contributed by atoms with van der Waals surface area (Å²) in [4.78, 5) is 0. The lowest BCUT2D eigenvalue weighted by molar-refractivity contribution is 0.485. The summed E-state index contributed by atoms with van der Waals surface area (Å²) in [6.07, 6.45) is 8.32. The van der Waals surface area contributed by atoms with Crippen molar-refractivity contribution in [1.82, 2.24) is 0 Å². The maximum absolute atomic E-state index is 6.31. The van der Waals surface area contributed by atoms with Gasteiger partial charge >= 0.3 is 0 Å². The number of nitrogens with two attached hydrogens (primary N) is 1. The number of fused-ring (bicyclic) bond motifs is 1. The highest BCUT2D eigenvalue weighted by molar-refractivity contribution is 5.81. The van der Waals surface area contributed by atoms with E-state index in [9.17, 15) is 0 Å². The van der Waals surface area contributed by atoms with Gasteiger partial charge in [-0.1, -0.05) is 29.8 Å². The van der Waals surface area contributed by atoms with Crippen molar-refractivity contribution < 1.29 is 4.42 Å². The summed E-state index contributed by atoms with van der Waals surface area (Å²) in [7, 11) is 0. The first-order valence-corrected chi connectivity index (χ1v) is 7.16. The molecule has 1 aliphatic carbocycles. The van der Waals surface area contributed by atoms with E-state index in [1.54, 1.807) is 0 Å². The molecule has 0 amide bonds. The molecular weight excluding hydrogens is 234 g/mol. The molecule has 0 saturated heterocycles. The van der Waals surface area contributed by atoms with Crippen LogP contribution in [0.5, 0.6) is 0 Å². The van der Waals surface area contributed by atoms with Gasteiger partial charge in [0.25, 0.3) is 0 Å². The van der Waals surface area contributed by atoms with Crippen LogP contribution in [-0.4, -0.2) is 0 Å². The van der Waals surface area contributed by atoms with Crippen LogP contribution in [0.25, 0.3) is 11.0 Å². The van der Waals surface area contributed by atoms with Crippen molar-refractivity contribution in [3.8, 4) is 0 Å². The van der Waals surface area contributed by atoms with Crippen LogP contribution >= 0.6 is 0 Å². The Balaban J connectivity index is 1.83. The van der Waals surface area contributed by atoms with Crippen molar-refractivity contribution in [1.29, 1.82) is 0 Å². The molecule has 19 heavy (non-hydrogen) atoms. The first-order chi connectivity index (χ1) is 9.24. The molecule has 1 aromatic carbocycles. The largest absolute Gasteiger partial charge is 0.459 e. The van der Waals surface area contributed by atoms with Crippen LogP contribution < -0.4 is 5.73 Å². The molecule has 3 rings (SSSR count). The Labute approximate surface area is 114 Å². The lowest BCUT2D eigenvalue weighted by Crippen LogP contribution is -2.11. The lowest BCUT2D eigenvalue weighted by atomic mass is 9.94. The molecule has 0 saturated carbocycles. The van der Waals surface area contributed by atoms with Gasteiger partial charge in [0.05, 0.1) is 6.04 Å². The molecule has 2 nitrogen and oxygen atoms in total. The van der Waals surface area contributed by atoms with E-state index >= 15 is 0 Å². The smallest absolute Gasteiger partial charge is 0.137 e. The first kappa shape index (κ1) is 12.5. The summed E-state index contributed by atoms with van der Waals surface area (Å²) < 4.78 is 5.95. The SMILES string of the molecule is Cc1cccc2cc(C(N)CC3=CCCCC3)oc12. The lowest BCUT2D eigenvalue weighted by Gasteiger charge is -2.15. The Morgan fingerprint density at radius 2 is 2.21 bits per heavy atom. The second-order valence-electron chi connectivity index (χ2n) is 5.56. The molecule has 1 atom stereocenters. The number of allylic oxidation sites excluding steroid dienone is 1. The summed E-state index contributed by atoms with van der Waals surface area (Å²) >= 11 is 0. The highest BCUT2D eigenvalue weighted by atomic mass is 16.3. The Morgan fingerprint density at radius 3 is 2.95 bits per heavy atom. The zero-order chi connectivity index (χ0) is 13.2. The molecule has 2 N–H and O–H groups in total. The average Bonchev–Trinajstić information content (AvgIpc) is 2.85. The Kier molecular flexibility index (Phi) is 3.43. The Bertz CT molecular complexity index is 609. The molecule has 1 unspecified atom stereocenters. The van der Waals surface area contributed by atoms with Gasteiger partial charge < -0.3 is 10.2 Å². The zero-order valence-electron chi connectivity index (χ0n) is 11.5. The molecule has 100 valence electrons. The van der Waals surface area contributed by atoms with E-state index in [0.717, 1.165) is 23.2 Å². The van der Waals surface area contributed by atoms with Crippen molar-refractivity contribution in [3.63, 3.8) is 0 Å². The standard InChI is InChI=1S/C17H21NO/c1-12-6-5-9-14-11-16(19-17(12)14)15(18)10-13-7-3-2-4-8-13/h5-7,9,11,15H,2-4,8,10,18H2,1H3. The average molecular weight is 255 g/mol. The molecule has 2 heteroatoms. The second kappa shape index (κ2) is 5.22. The van der Waals surface area contributed by atoms with E-state index in [4.69, 9.17) is 10.2 Å². The van der Waals surface area contributed by atoms with Crippen molar-refractivity contribution in [2.24, 2.45) is 5.73 Å². The number of hydrogen-bond acceptors (Lipinski definition) is 2. The molecule has 0 fully saturated rings. The van der Waals surface area contributed by atoms with Gasteiger partial charge in [0.15, 0.2) is 0 Å². The van der Waals surface area contributed by atoms with Crippen molar-refractivity contribution >= 4 is 11.0 Å². The van der Waals surface area contributed by atoms with Gasteiger partial charge in [-0.2, -0.15) is 0 Å². The first-order valence-electron chi connectivity index (χ1n) is 7.16. The van der Waals surface area contributed by atoms with Gasteiger partial charge in [-0.3, -0.25) is 0 Å². The van der Waals surface area contributed by atoms with Gasteiger partial charge in [0.1, 0.15) is 11.3 Å². The van der Waals surface area contributed by atoms with Crippen LogP contribution in [0.2, 0.25) is 0 Å². The summed E-state index contributed by atoms with van der Waals surface area (Å²) in [6.45, 7) is 2.07.